The lowest BCUT2D eigenvalue weighted by Gasteiger charge is -2.18. The Labute approximate surface area is 170 Å². The van der Waals surface area contributed by atoms with Gasteiger partial charge in [0.25, 0.3) is 0 Å². The van der Waals surface area contributed by atoms with Gasteiger partial charge in [-0.3, -0.25) is 0 Å². The Kier molecular flexibility index (Phi) is 9.68. The molecule has 7 heteroatoms. The molecule has 1 amide bonds. The molecule has 0 aliphatic heterocycles. The molecule has 2 rings (SSSR count). The fraction of sp³-hybridized carbons (Fsp3) is 0.364. The fourth-order valence-electron chi connectivity index (χ4n) is 2.43. The fourth-order valence-corrected chi connectivity index (χ4v) is 2.43. The molecule has 29 heavy (non-hydrogen) atoms. The normalized spacial score (nSPS) is 12.6. The van der Waals surface area contributed by atoms with Gasteiger partial charge in [-0.05, 0) is 18.1 Å². The van der Waals surface area contributed by atoms with Crippen molar-refractivity contribution < 1.29 is 28.5 Å². The van der Waals surface area contributed by atoms with E-state index >= 15 is 0 Å². The third-order valence-corrected chi connectivity index (χ3v) is 4.00. The molecule has 0 fully saturated rings. The Hall–Kier alpha value is -2.90. The highest BCUT2D eigenvalue weighted by Gasteiger charge is 2.23. The molecule has 1 N–H and O–H groups in total. The van der Waals surface area contributed by atoms with E-state index in [0.717, 1.165) is 11.1 Å². The summed E-state index contributed by atoms with van der Waals surface area (Å²) in [5.41, 5.74) is 1.91. The highest BCUT2D eigenvalue weighted by molar-refractivity contribution is 5.81. The lowest BCUT2D eigenvalue weighted by Crippen LogP contribution is -2.45. The van der Waals surface area contributed by atoms with E-state index in [-0.39, 0.29) is 25.9 Å². The SMILES string of the molecule is COC(=O)[C@H](COC[C@@H](C)OCc1ccccc1)NC(=O)OCc1ccccc1. The summed E-state index contributed by atoms with van der Waals surface area (Å²) in [5, 5.41) is 2.47. The molecule has 0 spiro atoms. The molecule has 0 saturated heterocycles. The van der Waals surface area contributed by atoms with Crippen molar-refractivity contribution in [3.8, 4) is 0 Å². The summed E-state index contributed by atoms with van der Waals surface area (Å²) < 4.78 is 21.1. The topological polar surface area (TPSA) is 83.1 Å². The van der Waals surface area contributed by atoms with Gasteiger partial charge in [0.2, 0.25) is 0 Å². The van der Waals surface area contributed by atoms with Gasteiger partial charge in [0.15, 0.2) is 6.04 Å². The molecule has 0 unspecified atom stereocenters. The molecule has 156 valence electrons. The Morgan fingerprint density at radius 2 is 1.48 bits per heavy atom. The van der Waals surface area contributed by atoms with E-state index in [4.69, 9.17) is 18.9 Å². The number of hydrogen-bond donors (Lipinski definition) is 1. The number of esters is 1. The molecular weight excluding hydrogens is 374 g/mol. The van der Waals surface area contributed by atoms with Gasteiger partial charge < -0.3 is 24.3 Å². The summed E-state index contributed by atoms with van der Waals surface area (Å²) in [6.45, 7) is 2.66. The zero-order valence-electron chi connectivity index (χ0n) is 16.7. The van der Waals surface area contributed by atoms with Crippen molar-refractivity contribution in [2.75, 3.05) is 20.3 Å². The third-order valence-electron chi connectivity index (χ3n) is 4.00. The Bertz CT molecular complexity index is 737. The van der Waals surface area contributed by atoms with Gasteiger partial charge >= 0.3 is 12.1 Å². The molecule has 0 heterocycles. The van der Waals surface area contributed by atoms with Crippen LogP contribution in [0.25, 0.3) is 0 Å². The summed E-state index contributed by atoms with van der Waals surface area (Å²) in [5.74, 6) is -0.612. The second-order valence-corrected chi connectivity index (χ2v) is 6.43. The summed E-state index contributed by atoms with van der Waals surface area (Å²) in [6.07, 6.45) is -0.903. The first-order chi connectivity index (χ1) is 14.1. The van der Waals surface area contributed by atoms with Crippen LogP contribution in [0.4, 0.5) is 4.79 Å². The number of hydrogen-bond acceptors (Lipinski definition) is 6. The van der Waals surface area contributed by atoms with E-state index in [1.807, 2.05) is 67.6 Å². The molecule has 2 atom stereocenters. The minimum atomic E-state index is -0.968. The molecule has 2 aromatic rings. The second kappa shape index (κ2) is 12.5. The molecule has 0 aromatic heterocycles. The average Bonchev–Trinajstić information content (AvgIpc) is 2.76. The zero-order valence-corrected chi connectivity index (χ0v) is 16.7. The van der Waals surface area contributed by atoms with Gasteiger partial charge in [-0.15, -0.1) is 0 Å². The van der Waals surface area contributed by atoms with Crippen LogP contribution in [0.2, 0.25) is 0 Å². The average molecular weight is 401 g/mol. The van der Waals surface area contributed by atoms with E-state index in [9.17, 15) is 9.59 Å². The van der Waals surface area contributed by atoms with Crippen molar-refractivity contribution in [2.24, 2.45) is 0 Å². The number of amides is 1. The number of carbonyl (C=O) groups is 2. The largest absolute Gasteiger partial charge is 0.467 e. The Balaban J connectivity index is 1.71. The van der Waals surface area contributed by atoms with Crippen molar-refractivity contribution in [1.29, 1.82) is 0 Å². The van der Waals surface area contributed by atoms with Crippen LogP contribution >= 0.6 is 0 Å². The maximum atomic E-state index is 12.0. The van der Waals surface area contributed by atoms with Crippen molar-refractivity contribution >= 4 is 12.1 Å². The molecule has 7 nitrogen and oxygen atoms in total. The van der Waals surface area contributed by atoms with Crippen LogP contribution in [0.5, 0.6) is 0 Å². The number of nitrogens with one attached hydrogen (secondary N) is 1. The Morgan fingerprint density at radius 3 is 2.07 bits per heavy atom. The first-order valence-corrected chi connectivity index (χ1v) is 9.36. The standard InChI is InChI=1S/C22H27NO6/c1-17(28-14-18-9-5-3-6-10-18)13-27-16-20(21(24)26-2)23-22(25)29-15-19-11-7-4-8-12-19/h3-12,17,20H,13-16H2,1-2H3,(H,23,25)/t17-,20+/m1/s1. The lowest BCUT2D eigenvalue weighted by atomic mass is 10.2. The second-order valence-electron chi connectivity index (χ2n) is 6.43. The number of rotatable bonds is 11. The molecule has 0 aliphatic rings. The van der Waals surface area contributed by atoms with Crippen molar-refractivity contribution in [3.05, 3.63) is 71.8 Å². The summed E-state index contributed by atoms with van der Waals surface area (Å²) in [4.78, 5) is 23.9. The Morgan fingerprint density at radius 1 is 0.897 bits per heavy atom. The minimum Gasteiger partial charge on any atom is -0.467 e. The van der Waals surface area contributed by atoms with E-state index in [1.54, 1.807) is 0 Å². The molecule has 0 aliphatic carbocycles. The smallest absolute Gasteiger partial charge is 0.408 e. The summed E-state index contributed by atoms with van der Waals surface area (Å²) in [6, 6.07) is 18.1. The van der Waals surface area contributed by atoms with Crippen LogP contribution in [-0.4, -0.2) is 44.5 Å². The number of benzene rings is 2. The molecule has 0 radical (unpaired) electrons. The molecule has 0 bridgehead atoms. The minimum absolute atomic E-state index is 0.0495. The van der Waals surface area contributed by atoms with E-state index in [1.165, 1.54) is 7.11 Å². The number of methoxy groups -OCH3 is 1. The molecule has 0 saturated carbocycles. The van der Waals surface area contributed by atoms with Gasteiger partial charge in [0, 0.05) is 0 Å². The quantitative estimate of drug-likeness (QED) is 0.583. The van der Waals surface area contributed by atoms with Gasteiger partial charge in [0.05, 0.1) is 33.0 Å². The molecule has 2 aromatic carbocycles. The van der Waals surface area contributed by atoms with Crippen LogP contribution in [0.3, 0.4) is 0 Å². The van der Waals surface area contributed by atoms with Gasteiger partial charge in [-0.25, -0.2) is 9.59 Å². The highest BCUT2D eigenvalue weighted by atomic mass is 16.6. The van der Waals surface area contributed by atoms with Crippen LogP contribution in [0.1, 0.15) is 18.1 Å². The number of alkyl carbamates (subject to hydrolysis) is 1. The van der Waals surface area contributed by atoms with E-state index in [0.29, 0.717) is 6.61 Å². The number of ether oxygens (including phenoxy) is 4. The monoisotopic (exact) mass is 401 g/mol. The third kappa shape index (κ3) is 8.76. The first-order valence-electron chi connectivity index (χ1n) is 9.36. The van der Waals surface area contributed by atoms with Crippen LogP contribution in [0.15, 0.2) is 60.7 Å². The van der Waals surface area contributed by atoms with Crippen LogP contribution in [-0.2, 0) is 37.0 Å². The van der Waals surface area contributed by atoms with Gasteiger partial charge in [-0.2, -0.15) is 0 Å². The van der Waals surface area contributed by atoms with Crippen LogP contribution < -0.4 is 5.32 Å². The zero-order chi connectivity index (χ0) is 20.9. The van der Waals surface area contributed by atoms with Crippen LogP contribution in [0, 0.1) is 0 Å². The predicted octanol–water partition coefficient (Wildman–Crippen LogP) is 3.08. The van der Waals surface area contributed by atoms with E-state index in [2.05, 4.69) is 5.32 Å². The lowest BCUT2D eigenvalue weighted by molar-refractivity contribution is -0.145. The first kappa shape index (κ1) is 22.4. The summed E-state index contributed by atoms with van der Waals surface area (Å²) in [7, 11) is 1.25. The maximum absolute atomic E-state index is 12.0. The summed E-state index contributed by atoms with van der Waals surface area (Å²) >= 11 is 0. The van der Waals surface area contributed by atoms with Crippen molar-refractivity contribution in [2.45, 2.75) is 32.3 Å². The number of carbonyl (C=O) groups excluding carboxylic acids is 2. The van der Waals surface area contributed by atoms with Crippen molar-refractivity contribution in [3.63, 3.8) is 0 Å². The highest BCUT2D eigenvalue weighted by Crippen LogP contribution is 2.05. The van der Waals surface area contributed by atoms with Gasteiger partial charge in [-0.1, -0.05) is 60.7 Å². The van der Waals surface area contributed by atoms with E-state index < -0.39 is 18.1 Å². The van der Waals surface area contributed by atoms with Gasteiger partial charge in [0.1, 0.15) is 6.61 Å². The molecular formula is C22H27NO6. The predicted molar refractivity (Wildman–Crippen MR) is 107 cm³/mol. The van der Waals surface area contributed by atoms with Crippen molar-refractivity contribution in [1.82, 2.24) is 5.32 Å². The maximum Gasteiger partial charge on any atom is 0.408 e.